The number of nitrogens with zero attached hydrogens (tertiary/aromatic N) is 1. The fourth-order valence-corrected chi connectivity index (χ4v) is 6.02. The molecule has 0 rings (SSSR count). The van der Waals surface area contributed by atoms with Crippen LogP contribution in [0, 0.1) is 0 Å². The normalized spacial score (nSPS) is 13.7. The molecule has 2 unspecified atom stereocenters. The largest absolute Gasteiger partial charge is 0.544 e. The van der Waals surface area contributed by atoms with Crippen molar-refractivity contribution in [2.24, 2.45) is 0 Å². The Hall–Kier alpha value is -3.49. The van der Waals surface area contributed by atoms with Gasteiger partial charge in [-0.15, -0.1) is 0 Å². The van der Waals surface area contributed by atoms with E-state index in [1.807, 2.05) is 0 Å². The standard InChI is InChI=1S/C50H83NO7/c1-6-8-10-12-14-16-18-20-22-23-24-25-26-27-29-30-32-34-36-38-40-48(52)57-45-46(44-56-43-42-47(50(54)55)51(3,4)5)58-49(53)41-39-37-35-33-31-28-21-19-17-15-13-11-9-7-2/h8,10,14,16,20,22,24-25,27-29,31-32,34,46-47H,6-7,9,11-13,15,17-19,21,23,26,30,33,35-45H2,1-5H3/b10-8+,16-14+,22-20+,25-24+,29-27+,31-28+,34-32+. The molecule has 8 nitrogen and oxygen atoms in total. The van der Waals surface area contributed by atoms with E-state index in [0.29, 0.717) is 6.42 Å². The lowest BCUT2D eigenvalue weighted by atomic mass is 10.1. The van der Waals surface area contributed by atoms with Crippen molar-refractivity contribution in [3.8, 4) is 0 Å². The van der Waals surface area contributed by atoms with Gasteiger partial charge in [0, 0.05) is 19.3 Å². The first kappa shape index (κ1) is 54.5. The fraction of sp³-hybridized carbons (Fsp3) is 0.660. The summed E-state index contributed by atoms with van der Waals surface area (Å²) in [7, 11) is 5.38. The highest BCUT2D eigenvalue weighted by Gasteiger charge is 2.25. The summed E-state index contributed by atoms with van der Waals surface area (Å²) in [6.45, 7) is 4.45. The summed E-state index contributed by atoms with van der Waals surface area (Å²) in [6.07, 6.45) is 51.9. The van der Waals surface area contributed by atoms with E-state index in [0.717, 1.165) is 77.0 Å². The molecular formula is C50H83NO7. The third kappa shape index (κ3) is 38.1. The van der Waals surface area contributed by atoms with E-state index in [9.17, 15) is 19.5 Å². The second-order valence-electron chi connectivity index (χ2n) is 15.9. The number of carbonyl (C=O) groups is 3. The first-order valence-electron chi connectivity index (χ1n) is 22.6. The predicted molar refractivity (Wildman–Crippen MR) is 240 cm³/mol. The Morgan fingerprint density at radius 2 is 0.983 bits per heavy atom. The van der Waals surface area contributed by atoms with Gasteiger partial charge in [0.15, 0.2) is 6.10 Å². The van der Waals surface area contributed by atoms with Crippen molar-refractivity contribution in [2.45, 2.75) is 174 Å². The molecule has 0 radical (unpaired) electrons. The maximum Gasteiger partial charge on any atom is 0.306 e. The number of allylic oxidation sites excluding steroid dienone is 14. The summed E-state index contributed by atoms with van der Waals surface area (Å²) in [4.78, 5) is 36.8. The molecule has 0 aliphatic heterocycles. The molecule has 0 aromatic heterocycles. The van der Waals surface area contributed by atoms with E-state index < -0.39 is 18.1 Å². The van der Waals surface area contributed by atoms with Gasteiger partial charge in [0.1, 0.15) is 12.6 Å². The maximum absolute atomic E-state index is 12.7. The number of unbranched alkanes of at least 4 members (excludes halogenated alkanes) is 11. The SMILES string of the molecule is CC/C=C/C/C=C/C/C=C/C/C=C/C/C=C/C/C=C/CCCC(=O)OCC(COCCC(C(=O)[O-])[N+](C)(C)C)OC(=O)CCCCC/C=C/CCCCCCCCC. The molecule has 0 aliphatic rings. The summed E-state index contributed by atoms with van der Waals surface area (Å²) in [6, 6.07) is -0.741. The van der Waals surface area contributed by atoms with Crippen LogP contribution in [0.15, 0.2) is 85.1 Å². The van der Waals surface area contributed by atoms with Gasteiger partial charge >= 0.3 is 11.9 Å². The van der Waals surface area contributed by atoms with Gasteiger partial charge in [0.2, 0.25) is 0 Å². The molecule has 0 spiro atoms. The van der Waals surface area contributed by atoms with Gasteiger partial charge in [-0.1, -0.05) is 144 Å². The van der Waals surface area contributed by atoms with Gasteiger partial charge in [-0.05, 0) is 83.5 Å². The molecule has 8 heteroatoms. The number of quaternary nitrogens is 1. The second-order valence-corrected chi connectivity index (χ2v) is 15.9. The summed E-state index contributed by atoms with van der Waals surface area (Å²) in [5, 5.41) is 11.6. The van der Waals surface area contributed by atoms with Gasteiger partial charge in [-0.3, -0.25) is 9.59 Å². The highest BCUT2D eigenvalue weighted by molar-refractivity contribution is 5.70. The summed E-state index contributed by atoms with van der Waals surface area (Å²) in [5.41, 5.74) is 0. The lowest BCUT2D eigenvalue weighted by molar-refractivity contribution is -0.889. The Morgan fingerprint density at radius 3 is 1.50 bits per heavy atom. The molecule has 0 aliphatic carbocycles. The molecule has 0 saturated carbocycles. The third-order valence-corrected chi connectivity index (χ3v) is 9.52. The van der Waals surface area contributed by atoms with E-state index in [1.165, 1.54) is 44.9 Å². The molecular weight excluding hydrogens is 727 g/mol. The van der Waals surface area contributed by atoms with Crippen LogP contribution < -0.4 is 5.11 Å². The van der Waals surface area contributed by atoms with E-state index in [4.69, 9.17) is 14.2 Å². The number of carboxylic acid groups (broad SMARTS) is 1. The van der Waals surface area contributed by atoms with Crippen LogP contribution in [0.1, 0.15) is 162 Å². The number of carboxylic acids is 1. The molecule has 0 aromatic carbocycles. The van der Waals surface area contributed by atoms with Gasteiger partial charge < -0.3 is 28.6 Å². The molecule has 0 aromatic rings. The van der Waals surface area contributed by atoms with Crippen LogP contribution in [-0.4, -0.2) is 75.5 Å². The summed E-state index contributed by atoms with van der Waals surface area (Å²) < 4.78 is 17.1. The van der Waals surface area contributed by atoms with Crippen LogP contribution >= 0.6 is 0 Å². The van der Waals surface area contributed by atoms with E-state index in [2.05, 4.69) is 98.9 Å². The van der Waals surface area contributed by atoms with Crippen LogP contribution in [0.3, 0.4) is 0 Å². The predicted octanol–water partition coefficient (Wildman–Crippen LogP) is 11.2. The van der Waals surface area contributed by atoms with Gasteiger partial charge in [-0.2, -0.15) is 0 Å². The molecule has 0 saturated heterocycles. The minimum Gasteiger partial charge on any atom is -0.544 e. The smallest absolute Gasteiger partial charge is 0.306 e. The second kappa shape index (κ2) is 40.3. The molecule has 0 heterocycles. The fourth-order valence-electron chi connectivity index (χ4n) is 6.02. The molecule has 58 heavy (non-hydrogen) atoms. The molecule has 2 atom stereocenters. The van der Waals surface area contributed by atoms with Crippen molar-refractivity contribution in [1.82, 2.24) is 0 Å². The van der Waals surface area contributed by atoms with E-state index in [-0.39, 0.29) is 55.5 Å². The molecule has 0 N–H and O–H groups in total. The molecule has 330 valence electrons. The Morgan fingerprint density at radius 1 is 0.534 bits per heavy atom. The summed E-state index contributed by atoms with van der Waals surface area (Å²) in [5.74, 6) is -1.84. The molecule has 0 amide bonds. The van der Waals surface area contributed by atoms with Crippen LogP contribution in [0.25, 0.3) is 0 Å². The topological polar surface area (TPSA) is 102 Å². The van der Waals surface area contributed by atoms with Gasteiger partial charge in [0.25, 0.3) is 0 Å². The average Bonchev–Trinajstić information content (AvgIpc) is 3.18. The number of rotatable bonds is 39. The zero-order valence-electron chi connectivity index (χ0n) is 37.4. The number of likely N-dealkylation sites (N-methyl/N-ethyl adjacent to an activating group) is 1. The maximum atomic E-state index is 12.7. The van der Waals surface area contributed by atoms with Crippen molar-refractivity contribution in [1.29, 1.82) is 0 Å². The quantitative estimate of drug-likeness (QED) is 0.0264. The number of ether oxygens (including phenoxy) is 3. The van der Waals surface area contributed by atoms with Crippen molar-refractivity contribution < 1.29 is 38.2 Å². The van der Waals surface area contributed by atoms with Crippen molar-refractivity contribution in [3.05, 3.63) is 85.1 Å². The van der Waals surface area contributed by atoms with Crippen LogP contribution in [-0.2, 0) is 28.6 Å². The van der Waals surface area contributed by atoms with Crippen LogP contribution in [0.2, 0.25) is 0 Å². The first-order chi connectivity index (χ1) is 28.1. The number of esters is 2. The number of hydrogen-bond acceptors (Lipinski definition) is 7. The Bertz CT molecular complexity index is 1220. The lowest BCUT2D eigenvalue weighted by Gasteiger charge is -2.34. The highest BCUT2D eigenvalue weighted by atomic mass is 16.6. The van der Waals surface area contributed by atoms with Crippen LogP contribution in [0.4, 0.5) is 0 Å². The van der Waals surface area contributed by atoms with Crippen molar-refractivity contribution >= 4 is 17.9 Å². The number of carbonyl (C=O) groups excluding carboxylic acids is 3. The zero-order chi connectivity index (χ0) is 42.8. The Kier molecular flexibility index (Phi) is 37.9. The highest BCUT2D eigenvalue weighted by Crippen LogP contribution is 2.12. The first-order valence-corrected chi connectivity index (χ1v) is 22.6. The van der Waals surface area contributed by atoms with Gasteiger partial charge in [0.05, 0.1) is 40.3 Å². The Balaban J connectivity index is 4.46. The van der Waals surface area contributed by atoms with Gasteiger partial charge in [-0.25, -0.2) is 0 Å². The minimum atomic E-state index is -1.14. The molecule has 0 fully saturated rings. The zero-order valence-corrected chi connectivity index (χ0v) is 37.4. The lowest BCUT2D eigenvalue weighted by Crippen LogP contribution is -2.55. The Labute approximate surface area is 354 Å². The number of hydrogen-bond donors (Lipinski definition) is 0. The third-order valence-electron chi connectivity index (χ3n) is 9.52. The average molecular weight is 810 g/mol. The van der Waals surface area contributed by atoms with Crippen molar-refractivity contribution in [2.75, 3.05) is 41.0 Å². The summed E-state index contributed by atoms with van der Waals surface area (Å²) >= 11 is 0. The minimum absolute atomic E-state index is 0.0119. The monoisotopic (exact) mass is 810 g/mol. The van der Waals surface area contributed by atoms with E-state index in [1.54, 1.807) is 21.1 Å². The molecule has 0 bridgehead atoms. The van der Waals surface area contributed by atoms with Crippen LogP contribution in [0.5, 0.6) is 0 Å². The number of aliphatic carboxylic acids is 1. The van der Waals surface area contributed by atoms with E-state index >= 15 is 0 Å². The van der Waals surface area contributed by atoms with Crippen molar-refractivity contribution in [3.63, 3.8) is 0 Å².